The van der Waals surface area contributed by atoms with Crippen LogP contribution in [0.25, 0.3) is 0 Å². The van der Waals surface area contributed by atoms with Crippen molar-refractivity contribution in [3.05, 3.63) is 21.9 Å². The highest BCUT2D eigenvalue weighted by molar-refractivity contribution is 9.09. The van der Waals surface area contributed by atoms with Gasteiger partial charge in [-0.2, -0.15) is 0 Å². The number of hydrogen-bond donors (Lipinski definition) is 0. The lowest BCUT2D eigenvalue weighted by molar-refractivity contribution is 0.667. The van der Waals surface area contributed by atoms with E-state index in [-0.39, 0.29) is 0 Å². The summed E-state index contributed by atoms with van der Waals surface area (Å²) < 4.78 is 0. The van der Waals surface area contributed by atoms with Crippen LogP contribution in [0.4, 0.5) is 0 Å². The van der Waals surface area contributed by atoms with Crippen molar-refractivity contribution in [1.29, 1.82) is 0 Å². The van der Waals surface area contributed by atoms with Crippen LogP contribution in [0.1, 0.15) is 54.1 Å². The molecule has 0 fully saturated rings. The number of aryl methyl sites for hydroxylation is 1. The van der Waals surface area contributed by atoms with E-state index in [0.717, 1.165) is 0 Å². The van der Waals surface area contributed by atoms with Crippen molar-refractivity contribution in [3.63, 3.8) is 0 Å². The minimum absolute atomic E-state index is 0.583. The normalized spacial score (nSPS) is 13.1. The Morgan fingerprint density at radius 3 is 2.64 bits per heavy atom. The number of unbranched alkanes of at least 4 members (excludes halogenated alkanes) is 2. The number of hydrogen-bond acceptors (Lipinski definition) is 1. The fourth-order valence-electron chi connectivity index (χ4n) is 1.47. The van der Waals surface area contributed by atoms with Crippen molar-refractivity contribution >= 4 is 27.3 Å². The van der Waals surface area contributed by atoms with E-state index < -0.39 is 0 Å². The van der Waals surface area contributed by atoms with E-state index in [0.29, 0.717) is 4.83 Å². The third-order valence-electron chi connectivity index (χ3n) is 2.40. The standard InChI is InChI=1S/C12H19BrS/c1-3-5-6-7-11(13)12-9-8-10(4-2)14-12/h8-9,11H,3-7H2,1-2H3. The summed E-state index contributed by atoms with van der Waals surface area (Å²) in [4.78, 5) is 3.58. The molecule has 1 atom stereocenters. The molecular weight excluding hydrogens is 256 g/mol. The summed E-state index contributed by atoms with van der Waals surface area (Å²) in [6.45, 7) is 4.47. The van der Waals surface area contributed by atoms with E-state index in [4.69, 9.17) is 0 Å². The Kier molecular flexibility index (Phi) is 5.80. The van der Waals surface area contributed by atoms with E-state index in [2.05, 4.69) is 41.9 Å². The molecule has 1 heterocycles. The third-order valence-corrected chi connectivity index (χ3v) is 5.00. The van der Waals surface area contributed by atoms with Gasteiger partial charge in [-0.15, -0.1) is 11.3 Å². The summed E-state index contributed by atoms with van der Waals surface area (Å²) in [5.41, 5.74) is 0. The molecule has 0 nitrogen and oxygen atoms in total. The van der Waals surface area contributed by atoms with Crippen molar-refractivity contribution in [2.45, 2.75) is 50.8 Å². The van der Waals surface area contributed by atoms with Crippen LogP contribution in [-0.4, -0.2) is 0 Å². The molecule has 1 unspecified atom stereocenters. The van der Waals surface area contributed by atoms with Gasteiger partial charge in [0.2, 0.25) is 0 Å². The fraction of sp³-hybridized carbons (Fsp3) is 0.667. The maximum atomic E-state index is 3.77. The highest BCUT2D eigenvalue weighted by Gasteiger charge is 2.09. The Hall–Kier alpha value is 0.180. The maximum absolute atomic E-state index is 3.77. The first-order valence-electron chi connectivity index (χ1n) is 5.50. The highest BCUT2D eigenvalue weighted by Crippen LogP contribution is 2.33. The van der Waals surface area contributed by atoms with E-state index >= 15 is 0 Å². The van der Waals surface area contributed by atoms with Gasteiger partial charge in [0.05, 0.1) is 0 Å². The molecule has 0 saturated heterocycles. The molecule has 1 aromatic rings. The van der Waals surface area contributed by atoms with Crippen molar-refractivity contribution in [2.24, 2.45) is 0 Å². The first-order chi connectivity index (χ1) is 6.77. The predicted octanol–water partition coefficient (Wildman–Crippen LogP) is 5.33. The first kappa shape index (κ1) is 12.3. The summed E-state index contributed by atoms with van der Waals surface area (Å²) in [5.74, 6) is 0. The predicted molar refractivity (Wildman–Crippen MR) is 69.5 cm³/mol. The lowest BCUT2D eigenvalue weighted by atomic mass is 10.1. The number of halogens is 1. The van der Waals surface area contributed by atoms with Gasteiger partial charge in [-0.05, 0) is 25.0 Å². The molecule has 0 aromatic carbocycles. The molecule has 0 aliphatic carbocycles. The molecular formula is C12H19BrS. The first-order valence-corrected chi connectivity index (χ1v) is 7.23. The molecule has 0 spiro atoms. The average molecular weight is 275 g/mol. The molecule has 14 heavy (non-hydrogen) atoms. The minimum atomic E-state index is 0.583. The summed E-state index contributed by atoms with van der Waals surface area (Å²) in [5, 5.41) is 0. The van der Waals surface area contributed by atoms with Crippen LogP contribution in [0.5, 0.6) is 0 Å². The van der Waals surface area contributed by atoms with Crippen molar-refractivity contribution in [2.75, 3.05) is 0 Å². The average Bonchev–Trinajstić information content (AvgIpc) is 2.66. The second-order valence-corrected chi connectivity index (χ2v) is 5.93. The zero-order chi connectivity index (χ0) is 10.4. The van der Waals surface area contributed by atoms with E-state index in [1.807, 2.05) is 11.3 Å². The summed E-state index contributed by atoms with van der Waals surface area (Å²) >= 11 is 5.72. The molecule has 0 aliphatic heterocycles. The minimum Gasteiger partial charge on any atom is -0.144 e. The Labute approximate surface area is 99.9 Å². The lowest BCUT2D eigenvalue weighted by Crippen LogP contribution is -1.85. The van der Waals surface area contributed by atoms with Gasteiger partial charge in [0.1, 0.15) is 0 Å². The monoisotopic (exact) mass is 274 g/mol. The second kappa shape index (κ2) is 6.62. The third kappa shape index (κ3) is 3.74. The van der Waals surface area contributed by atoms with Crippen LogP contribution in [0, 0.1) is 0 Å². The number of thiophene rings is 1. The molecule has 0 saturated carbocycles. The van der Waals surface area contributed by atoms with Crippen LogP contribution >= 0.6 is 27.3 Å². The summed E-state index contributed by atoms with van der Waals surface area (Å²) in [6.07, 6.45) is 6.45. The van der Waals surface area contributed by atoms with E-state index in [9.17, 15) is 0 Å². The SMILES string of the molecule is CCCCCC(Br)c1ccc(CC)s1. The van der Waals surface area contributed by atoms with Gasteiger partial charge in [0.25, 0.3) is 0 Å². The van der Waals surface area contributed by atoms with Crippen LogP contribution in [-0.2, 0) is 6.42 Å². The van der Waals surface area contributed by atoms with Crippen LogP contribution in [0.2, 0.25) is 0 Å². The Balaban J connectivity index is 2.39. The van der Waals surface area contributed by atoms with Gasteiger partial charge >= 0.3 is 0 Å². The van der Waals surface area contributed by atoms with Gasteiger partial charge < -0.3 is 0 Å². The molecule has 80 valence electrons. The zero-order valence-corrected chi connectivity index (χ0v) is 11.5. The number of rotatable bonds is 6. The molecule has 0 aliphatic rings. The quantitative estimate of drug-likeness (QED) is 0.486. The highest BCUT2D eigenvalue weighted by atomic mass is 79.9. The molecule has 0 radical (unpaired) electrons. The molecule has 0 N–H and O–H groups in total. The van der Waals surface area contributed by atoms with E-state index in [1.54, 1.807) is 0 Å². The molecule has 1 rings (SSSR count). The second-order valence-electron chi connectivity index (χ2n) is 3.62. The van der Waals surface area contributed by atoms with E-state index in [1.165, 1.54) is 41.9 Å². The Morgan fingerprint density at radius 2 is 2.07 bits per heavy atom. The summed E-state index contributed by atoms with van der Waals surface area (Å²) in [7, 11) is 0. The van der Waals surface area contributed by atoms with Crippen molar-refractivity contribution in [3.8, 4) is 0 Å². The summed E-state index contributed by atoms with van der Waals surface area (Å²) in [6, 6.07) is 4.53. The topological polar surface area (TPSA) is 0 Å². The largest absolute Gasteiger partial charge is 0.144 e. The van der Waals surface area contributed by atoms with Gasteiger partial charge in [-0.25, -0.2) is 0 Å². The van der Waals surface area contributed by atoms with Gasteiger partial charge in [-0.3, -0.25) is 0 Å². The van der Waals surface area contributed by atoms with Crippen molar-refractivity contribution < 1.29 is 0 Å². The van der Waals surface area contributed by atoms with Crippen LogP contribution in [0.3, 0.4) is 0 Å². The Morgan fingerprint density at radius 1 is 1.29 bits per heavy atom. The van der Waals surface area contributed by atoms with Crippen LogP contribution in [0.15, 0.2) is 12.1 Å². The Bertz CT molecular complexity index is 255. The number of alkyl halides is 1. The molecule has 0 bridgehead atoms. The molecule has 1 aromatic heterocycles. The smallest absolute Gasteiger partial charge is 0.0489 e. The fourth-order valence-corrected chi connectivity index (χ4v) is 3.19. The lowest BCUT2D eigenvalue weighted by Gasteiger charge is -2.06. The molecule has 0 amide bonds. The van der Waals surface area contributed by atoms with Crippen molar-refractivity contribution in [1.82, 2.24) is 0 Å². The maximum Gasteiger partial charge on any atom is 0.0489 e. The zero-order valence-electron chi connectivity index (χ0n) is 9.05. The van der Waals surface area contributed by atoms with Gasteiger partial charge in [0, 0.05) is 14.6 Å². The van der Waals surface area contributed by atoms with Gasteiger partial charge in [0.15, 0.2) is 0 Å². The van der Waals surface area contributed by atoms with Crippen LogP contribution < -0.4 is 0 Å². The molecule has 2 heteroatoms. The van der Waals surface area contributed by atoms with Gasteiger partial charge in [-0.1, -0.05) is 49.0 Å².